The Hall–Kier alpha value is -2.04. The largest absolute Gasteiger partial charge is 0.477 e. The molecule has 0 atom stereocenters. The third-order valence-electron chi connectivity index (χ3n) is 2.33. The number of nitrogens with one attached hydrogen (secondary N) is 1. The maximum atomic E-state index is 11.0. The fourth-order valence-corrected chi connectivity index (χ4v) is 1.60. The van der Waals surface area contributed by atoms with Crippen molar-refractivity contribution >= 4 is 5.97 Å². The second-order valence-electron chi connectivity index (χ2n) is 3.54. The number of nitrogens with zero attached hydrogens (tertiary/aromatic N) is 2. The molecular formula is C11H13N3O2. The van der Waals surface area contributed by atoms with E-state index in [4.69, 9.17) is 5.11 Å². The summed E-state index contributed by atoms with van der Waals surface area (Å²) in [6.07, 6.45) is 4.44. The molecule has 0 amide bonds. The summed E-state index contributed by atoms with van der Waals surface area (Å²) in [5, 5.41) is 13.3. The first-order valence-electron chi connectivity index (χ1n) is 5.16. The predicted molar refractivity (Wildman–Crippen MR) is 59.3 cm³/mol. The van der Waals surface area contributed by atoms with E-state index in [2.05, 4.69) is 10.1 Å². The van der Waals surface area contributed by atoms with Crippen LogP contribution in [0.25, 0.3) is 11.3 Å². The van der Waals surface area contributed by atoms with E-state index in [9.17, 15) is 4.79 Å². The Kier molecular flexibility index (Phi) is 2.76. The minimum atomic E-state index is -0.942. The van der Waals surface area contributed by atoms with E-state index < -0.39 is 5.97 Å². The topological polar surface area (TPSA) is 70.9 Å². The fraction of sp³-hybridized carbons (Fsp3) is 0.273. The van der Waals surface area contributed by atoms with Crippen LogP contribution in [0.15, 0.2) is 24.5 Å². The van der Waals surface area contributed by atoms with Crippen molar-refractivity contribution in [1.82, 2.24) is 14.8 Å². The van der Waals surface area contributed by atoms with Gasteiger partial charge < -0.3 is 10.1 Å². The number of hydrogen-bond donors (Lipinski definition) is 2. The molecule has 2 N–H and O–H groups in total. The molecular weight excluding hydrogens is 206 g/mol. The Morgan fingerprint density at radius 2 is 2.44 bits per heavy atom. The zero-order valence-corrected chi connectivity index (χ0v) is 8.97. The van der Waals surface area contributed by atoms with Crippen molar-refractivity contribution in [3.05, 3.63) is 30.2 Å². The summed E-state index contributed by atoms with van der Waals surface area (Å²) < 4.78 is 1.53. The van der Waals surface area contributed by atoms with E-state index in [-0.39, 0.29) is 5.69 Å². The first-order valence-corrected chi connectivity index (χ1v) is 5.16. The van der Waals surface area contributed by atoms with E-state index >= 15 is 0 Å². The minimum absolute atomic E-state index is 0.234. The average molecular weight is 219 g/mol. The molecule has 0 unspecified atom stereocenters. The van der Waals surface area contributed by atoms with Gasteiger partial charge in [-0.3, -0.25) is 4.68 Å². The van der Waals surface area contributed by atoms with E-state index in [0.29, 0.717) is 12.2 Å². The van der Waals surface area contributed by atoms with Crippen molar-refractivity contribution in [2.45, 2.75) is 19.9 Å². The summed E-state index contributed by atoms with van der Waals surface area (Å²) >= 11 is 0. The van der Waals surface area contributed by atoms with Crippen LogP contribution < -0.4 is 0 Å². The zero-order chi connectivity index (χ0) is 11.5. The number of carbonyl (C=O) groups is 1. The highest BCUT2D eigenvalue weighted by atomic mass is 16.4. The van der Waals surface area contributed by atoms with E-state index in [1.807, 2.05) is 13.0 Å². The molecule has 0 saturated heterocycles. The molecule has 0 bridgehead atoms. The van der Waals surface area contributed by atoms with Crippen molar-refractivity contribution in [3.63, 3.8) is 0 Å². The molecule has 5 heteroatoms. The van der Waals surface area contributed by atoms with Crippen LogP contribution in [-0.2, 0) is 6.54 Å². The van der Waals surface area contributed by atoms with E-state index in [1.165, 1.54) is 4.68 Å². The SMILES string of the molecule is CCCn1nc(-c2cc[nH]c2)cc1C(=O)O. The van der Waals surface area contributed by atoms with Crippen LogP contribution in [0.1, 0.15) is 23.8 Å². The van der Waals surface area contributed by atoms with Gasteiger partial charge in [0.05, 0.1) is 5.69 Å². The summed E-state index contributed by atoms with van der Waals surface area (Å²) in [6.45, 7) is 2.61. The summed E-state index contributed by atoms with van der Waals surface area (Å²) in [7, 11) is 0. The van der Waals surface area contributed by atoms with Crippen LogP contribution in [0.2, 0.25) is 0 Å². The second kappa shape index (κ2) is 4.22. The number of H-pyrrole nitrogens is 1. The van der Waals surface area contributed by atoms with Gasteiger partial charge in [-0.05, 0) is 18.6 Å². The number of aromatic carboxylic acids is 1. The molecule has 2 aromatic rings. The molecule has 0 fully saturated rings. The van der Waals surface area contributed by atoms with Crippen LogP contribution in [0.4, 0.5) is 0 Å². The summed E-state index contributed by atoms with van der Waals surface area (Å²) in [6, 6.07) is 3.46. The van der Waals surface area contributed by atoms with Gasteiger partial charge in [0.2, 0.25) is 0 Å². The smallest absolute Gasteiger partial charge is 0.354 e. The molecule has 0 saturated carbocycles. The zero-order valence-electron chi connectivity index (χ0n) is 8.97. The standard InChI is InChI=1S/C11H13N3O2/c1-2-5-14-10(11(15)16)6-9(13-14)8-3-4-12-7-8/h3-4,6-7,12H,2,5H2,1H3,(H,15,16). The van der Waals surface area contributed by atoms with Crippen LogP contribution >= 0.6 is 0 Å². The highest BCUT2D eigenvalue weighted by Gasteiger charge is 2.14. The molecule has 0 aliphatic carbocycles. The van der Waals surface area contributed by atoms with Gasteiger partial charge in [-0.2, -0.15) is 5.10 Å². The first-order chi connectivity index (χ1) is 7.72. The second-order valence-corrected chi connectivity index (χ2v) is 3.54. The van der Waals surface area contributed by atoms with E-state index in [0.717, 1.165) is 12.0 Å². The highest BCUT2D eigenvalue weighted by Crippen LogP contribution is 2.18. The molecule has 5 nitrogen and oxygen atoms in total. The predicted octanol–water partition coefficient (Wildman–Crippen LogP) is 1.99. The molecule has 16 heavy (non-hydrogen) atoms. The number of carboxylic acid groups (broad SMARTS) is 1. The normalized spacial score (nSPS) is 10.6. The Bertz CT molecular complexity index is 485. The average Bonchev–Trinajstić information content (AvgIpc) is 2.83. The van der Waals surface area contributed by atoms with Crippen LogP contribution in [0.5, 0.6) is 0 Å². The number of aromatic nitrogens is 3. The number of aryl methyl sites for hydroxylation is 1. The molecule has 2 heterocycles. The molecule has 0 spiro atoms. The van der Waals surface area contributed by atoms with E-state index in [1.54, 1.807) is 18.5 Å². The maximum absolute atomic E-state index is 11.0. The monoisotopic (exact) mass is 219 g/mol. The summed E-state index contributed by atoms with van der Waals surface area (Å²) in [4.78, 5) is 13.9. The van der Waals surface area contributed by atoms with Gasteiger partial charge in [0, 0.05) is 24.5 Å². The third kappa shape index (κ3) is 1.84. The van der Waals surface area contributed by atoms with Gasteiger partial charge in [0.15, 0.2) is 0 Å². The molecule has 0 radical (unpaired) electrons. The lowest BCUT2D eigenvalue weighted by molar-refractivity contribution is 0.0683. The molecule has 2 rings (SSSR count). The Morgan fingerprint density at radius 1 is 1.62 bits per heavy atom. The quantitative estimate of drug-likeness (QED) is 0.826. The van der Waals surface area contributed by atoms with Gasteiger partial charge >= 0.3 is 5.97 Å². The fourth-order valence-electron chi connectivity index (χ4n) is 1.60. The maximum Gasteiger partial charge on any atom is 0.354 e. The third-order valence-corrected chi connectivity index (χ3v) is 2.33. The Balaban J connectivity index is 2.42. The molecule has 0 aromatic carbocycles. The number of hydrogen-bond acceptors (Lipinski definition) is 2. The summed E-state index contributed by atoms with van der Waals surface area (Å²) in [5.74, 6) is -0.942. The van der Waals surface area contributed by atoms with Gasteiger partial charge in [-0.1, -0.05) is 6.92 Å². The van der Waals surface area contributed by atoms with Gasteiger partial charge in [0.25, 0.3) is 0 Å². The summed E-state index contributed by atoms with van der Waals surface area (Å²) in [5.41, 5.74) is 1.82. The molecule has 0 aliphatic rings. The molecule has 84 valence electrons. The van der Waals surface area contributed by atoms with Gasteiger partial charge in [-0.15, -0.1) is 0 Å². The van der Waals surface area contributed by atoms with Crippen molar-refractivity contribution < 1.29 is 9.90 Å². The highest BCUT2D eigenvalue weighted by molar-refractivity contribution is 5.87. The van der Waals surface area contributed by atoms with Crippen molar-refractivity contribution in [2.24, 2.45) is 0 Å². The minimum Gasteiger partial charge on any atom is -0.477 e. The van der Waals surface area contributed by atoms with Gasteiger partial charge in [-0.25, -0.2) is 4.79 Å². The van der Waals surface area contributed by atoms with Crippen molar-refractivity contribution in [3.8, 4) is 11.3 Å². The number of aromatic amines is 1. The van der Waals surface area contributed by atoms with Crippen molar-refractivity contribution in [2.75, 3.05) is 0 Å². The van der Waals surface area contributed by atoms with Crippen molar-refractivity contribution in [1.29, 1.82) is 0 Å². The number of carboxylic acids is 1. The van der Waals surface area contributed by atoms with Crippen LogP contribution in [-0.4, -0.2) is 25.8 Å². The lowest BCUT2D eigenvalue weighted by Crippen LogP contribution is -2.09. The molecule has 2 aromatic heterocycles. The van der Waals surface area contributed by atoms with Gasteiger partial charge in [0.1, 0.15) is 5.69 Å². The number of rotatable bonds is 4. The van der Waals surface area contributed by atoms with Crippen LogP contribution in [0, 0.1) is 0 Å². The lowest BCUT2D eigenvalue weighted by Gasteiger charge is -2.00. The van der Waals surface area contributed by atoms with Crippen LogP contribution in [0.3, 0.4) is 0 Å². The Morgan fingerprint density at radius 3 is 3.00 bits per heavy atom. The first kappa shape index (κ1) is 10.5. The lowest BCUT2D eigenvalue weighted by atomic mass is 10.2. The Labute approximate surface area is 92.7 Å². The molecule has 0 aliphatic heterocycles.